The summed E-state index contributed by atoms with van der Waals surface area (Å²) in [6, 6.07) is 0. The first-order valence-electron chi connectivity index (χ1n) is 4.56. The summed E-state index contributed by atoms with van der Waals surface area (Å²) in [6.45, 7) is 0.837. The maximum Gasteiger partial charge on any atom is 0.0644 e. The highest BCUT2D eigenvalue weighted by Gasteiger charge is 2.13. The average Bonchev–Trinajstić information content (AvgIpc) is 2.50. The van der Waals surface area contributed by atoms with E-state index < -0.39 is 0 Å². The van der Waals surface area contributed by atoms with Gasteiger partial charge in [-0.3, -0.25) is 4.68 Å². The Bertz CT molecular complexity index is 267. The van der Waals surface area contributed by atoms with Gasteiger partial charge in [-0.1, -0.05) is 0 Å². The van der Waals surface area contributed by atoms with Crippen LogP contribution >= 0.6 is 0 Å². The van der Waals surface area contributed by atoms with Gasteiger partial charge in [-0.15, -0.1) is 0 Å². The van der Waals surface area contributed by atoms with Crippen molar-refractivity contribution < 1.29 is 5.11 Å². The van der Waals surface area contributed by atoms with Crippen LogP contribution in [0.3, 0.4) is 0 Å². The summed E-state index contributed by atoms with van der Waals surface area (Å²) in [7, 11) is 0. The van der Waals surface area contributed by atoms with Crippen molar-refractivity contribution in [1.29, 1.82) is 0 Å². The Hall–Kier alpha value is -0.830. The molecular formula is C9H14N2O. The molecule has 3 nitrogen and oxygen atoms in total. The molecule has 0 saturated carbocycles. The summed E-state index contributed by atoms with van der Waals surface area (Å²) in [5.74, 6) is 0. The fourth-order valence-corrected chi connectivity index (χ4v) is 1.84. The molecule has 0 unspecified atom stereocenters. The van der Waals surface area contributed by atoms with Gasteiger partial charge in [-0.25, -0.2) is 0 Å². The zero-order valence-electron chi connectivity index (χ0n) is 7.16. The fourth-order valence-electron chi connectivity index (χ4n) is 1.84. The van der Waals surface area contributed by atoms with Crippen molar-refractivity contribution >= 4 is 0 Å². The molecule has 66 valence electrons. The summed E-state index contributed by atoms with van der Waals surface area (Å²) in [5, 5.41) is 13.0. The second kappa shape index (κ2) is 3.27. The summed E-state index contributed by atoms with van der Waals surface area (Å²) in [6.07, 6.45) is 6.81. The highest BCUT2D eigenvalue weighted by molar-refractivity contribution is 5.20. The molecule has 1 aromatic heterocycles. The van der Waals surface area contributed by atoms with Crippen molar-refractivity contribution in [2.75, 3.05) is 6.61 Å². The van der Waals surface area contributed by atoms with E-state index in [1.165, 1.54) is 30.5 Å². The number of aryl methyl sites for hydroxylation is 1. The lowest BCUT2D eigenvalue weighted by molar-refractivity contribution is 0.267. The van der Waals surface area contributed by atoms with Crippen LogP contribution in [-0.2, 0) is 19.4 Å². The van der Waals surface area contributed by atoms with E-state index >= 15 is 0 Å². The number of nitrogens with zero attached hydrogens (tertiary/aromatic N) is 2. The Morgan fingerprint density at radius 2 is 2.25 bits per heavy atom. The van der Waals surface area contributed by atoms with Crippen molar-refractivity contribution in [1.82, 2.24) is 9.78 Å². The summed E-state index contributed by atoms with van der Waals surface area (Å²) in [5.41, 5.74) is 2.73. The molecule has 1 N–H and O–H groups in total. The van der Waals surface area contributed by atoms with Crippen molar-refractivity contribution in [2.45, 2.75) is 32.2 Å². The molecule has 0 saturated heterocycles. The Morgan fingerprint density at radius 3 is 3.08 bits per heavy atom. The zero-order chi connectivity index (χ0) is 8.39. The zero-order valence-corrected chi connectivity index (χ0v) is 7.16. The van der Waals surface area contributed by atoms with Gasteiger partial charge in [0.1, 0.15) is 0 Å². The SMILES string of the molecule is OCCn1ncc2c1CCCC2. The Morgan fingerprint density at radius 1 is 1.42 bits per heavy atom. The molecule has 1 aromatic rings. The number of aromatic nitrogens is 2. The summed E-state index contributed by atoms with van der Waals surface area (Å²) >= 11 is 0. The van der Waals surface area contributed by atoms with Gasteiger partial charge in [0.25, 0.3) is 0 Å². The van der Waals surface area contributed by atoms with Crippen LogP contribution in [0.15, 0.2) is 6.20 Å². The van der Waals surface area contributed by atoms with Crippen molar-refractivity contribution in [2.24, 2.45) is 0 Å². The van der Waals surface area contributed by atoms with Gasteiger partial charge in [-0.05, 0) is 31.2 Å². The van der Waals surface area contributed by atoms with E-state index in [1.807, 2.05) is 10.9 Å². The Kier molecular flexibility index (Phi) is 2.13. The molecule has 0 spiro atoms. The normalized spacial score (nSPS) is 16.1. The highest BCUT2D eigenvalue weighted by atomic mass is 16.3. The molecule has 0 atom stereocenters. The first kappa shape index (κ1) is 7.80. The third-order valence-corrected chi connectivity index (χ3v) is 2.46. The van der Waals surface area contributed by atoms with Crippen LogP contribution in [0.1, 0.15) is 24.1 Å². The number of aliphatic hydroxyl groups is 1. The van der Waals surface area contributed by atoms with E-state index in [0.717, 1.165) is 6.42 Å². The molecule has 3 heteroatoms. The minimum Gasteiger partial charge on any atom is -0.394 e. The second-order valence-corrected chi connectivity index (χ2v) is 3.27. The number of aliphatic hydroxyl groups excluding tert-OH is 1. The lowest BCUT2D eigenvalue weighted by Crippen LogP contribution is -2.11. The molecule has 0 aromatic carbocycles. The van der Waals surface area contributed by atoms with E-state index in [2.05, 4.69) is 5.10 Å². The van der Waals surface area contributed by atoms with Crippen LogP contribution in [0, 0.1) is 0 Å². The Balaban J connectivity index is 2.25. The third kappa shape index (κ3) is 1.25. The molecule has 0 aliphatic heterocycles. The van der Waals surface area contributed by atoms with E-state index in [0.29, 0.717) is 6.54 Å². The van der Waals surface area contributed by atoms with E-state index in [4.69, 9.17) is 5.11 Å². The van der Waals surface area contributed by atoms with Gasteiger partial charge in [0.05, 0.1) is 19.3 Å². The van der Waals surface area contributed by atoms with Crippen LogP contribution in [-0.4, -0.2) is 21.5 Å². The number of fused-ring (bicyclic) bond motifs is 1. The summed E-state index contributed by atoms with van der Waals surface area (Å²) in [4.78, 5) is 0. The van der Waals surface area contributed by atoms with Gasteiger partial charge in [0.2, 0.25) is 0 Å². The van der Waals surface area contributed by atoms with Crippen LogP contribution in [0.5, 0.6) is 0 Å². The largest absolute Gasteiger partial charge is 0.394 e. The molecule has 0 amide bonds. The lowest BCUT2D eigenvalue weighted by atomic mass is 9.98. The average molecular weight is 166 g/mol. The molecular weight excluding hydrogens is 152 g/mol. The molecule has 1 aliphatic rings. The van der Waals surface area contributed by atoms with Crippen LogP contribution < -0.4 is 0 Å². The molecule has 0 radical (unpaired) electrons. The number of rotatable bonds is 2. The highest BCUT2D eigenvalue weighted by Crippen LogP contribution is 2.20. The molecule has 1 aliphatic carbocycles. The molecule has 12 heavy (non-hydrogen) atoms. The van der Waals surface area contributed by atoms with Crippen molar-refractivity contribution in [3.8, 4) is 0 Å². The standard InChI is InChI=1S/C9H14N2O/c12-6-5-11-9-4-2-1-3-8(9)7-10-11/h7,12H,1-6H2. The fraction of sp³-hybridized carbons (Fsp3) is 0.667. The first-order valence-corrected chi connectivity index (χ1v) is 4.56. The van der Waals surface area contributed by atoms with E-state index in [9.17, 15) is 0 Å². The number of hydrogen-bond donors (Lipinski definition) is 1. The molecule has 0 bridgehead atoms. The number of hydrogen-bond acceptors (Lipinski definition) is 2. The second-order valence-electron chi connectivity index (χ2n) is 3.27. The van der Waals surface area contributed by atoms with Crippen LogP contribution in [0.2, 0.25) is 0 Å². The quantitative estimate of drug-likeness (QED) is 0.704. The smallest absolute Gasteiger partial charge is 0.0644 e. The Labute approximate surface area is 72.0 Å². The molecule has 0 fully saturated rings. The van der Waals surface area contributed by atoms with E-state index in [-0.39, 0.29) is 6.61 Å². The topological polar surface area (TPSA) is 38.0 Å². The monoisotopic (exact) mass is 166 g/mol. The van der Waals surface area contributed by atoms with Crippen LogP contribution in [0.25, 0.3) is 0 Å². The van der Waals surface area contributed by atoms with Gasteiger partial charge in [-0.2, -0.15) is 5.10 Å². The maximum atomic E-state index is 8.78. The first-order chi connectivity index (χ1) is 5.92. The minimum absolute atomic E-state index is 0.189. The summed E-state index contributed by atoms with van der Waals surface area (Å²) < 4.78 is 1.94. The van der Waals surface area contributed by atoms with Gasteiger partial charge < -0.3 is 5.11 Å². The lowest BCUT2D eigenvalue weighted by Gasteiger charge is -2.12. The van der Waals surface area contributed by atoms with Crippen LogP contribution in [0.4, 0.5) is 0 Å². The van der Waals surface area contributed by atoms with Crippen molar-refractivity contribution in [3.05, 3.63) is 17.5 Å². The van der Waals surface area contributed by atoms with Crippen molar-refractivity contribution in [3.63, 3.8) is 0 Å². The van der Waals surface area contributed by atoms with Gasteiger partial charge in [0.15, 0.2) is 0 Å². The molecule has 2 rings (SSSR count). The maximum absolute atomic E-state index is 8.78. The predicted molar refractivity (Wildman–Crippen MR) is 46.0 cm³/mol. The minimum atomic E-state index is 0.189. The third-order valence-electron chi connectivity index (χ3n) is 2.46. The predicted octanol–water partition coefficient (Wildman–Crippen LogP) is 0.754. The molecule has 1 heterocycles. The van der Waals surface area contributed by atoms with E-state index in [1.54, 1.807) is 0 Å². The van der Waals surface area contributed by atoms with Gasteiger partial charge in [0, 0.05) is 5.69 Å². The van der Waals surface area contributed by atoms with Gasteiger partial charge >= 0.3 is 0 Å².